The zero-order valence-corrected chi connectivity index (χ0v) is 8.60. The van der Waals surface area contributed by atoms with E-state index in [2.05, 4.69) is 0 Å². The van der Waals surface area contributed by atoms with Gasteiger partial charge in [-0.05, 0) is 36.3 Å². The molecule has 1 rings (SSSR count). The van der Waals surface area contributed by atoms with Crippen LogP contribution in [0.3, 0.4) is 0 Å². The highest BCUT2D eigenvalue weighted by molar-refractivity contribution is 5.86. The Morgan fingerprint density at radius 1 is 1.50 bits per heavy atom. The predicted octanol–water partition coefficient (Wildman–Crippen LogP) is 1.78. The molecule has 0 aromatic heterocycles. The molecule has 0 aliphatic rings. The predicted molar refractivity (Wildman–Crippen MR) is 58.0 cm³/mol. The summed E-state index contributed by atoms with van der Waals surface area (Å²) in [4.78, 5) is 21.1. The molecule has 0 spiro atoms. The Bertz CT molecular complexity index is 510. The molecule has 0 bridgehead atoms. The molecule has 0 heterocycles. The van der Waals surface area contributed by atoms with Crippen LogP contribution in [0.15, 0.2) is 18.2 Å². The number of nitrogens with zero attached hydrogens (tertiary/aromatic N) is 1. The second-order valence-corrected chi connectivity index (χ2v) is 3.18. The number of aliphatic carboxylic acids is 1. The maximum atomic E-state index is 10.7. The fourth-order valence-electron chi connectivity index (χ4n) is 1.26. The number of carboxylic acids is 1. The molecule has 0 amide bonds. The van der Waals surface area contributed by atoms with E-state index in [9.17, 15) is 9.59 Å². The molecule has 0 aliphatic carbocycles. The number of carbonyl (C=O) groups excluding carboxylic acids is 1. The molecule has 0 saturated carbocycles. The van der Waals surface area contributed by atoms with Crippen LogP contribution in [0.4, 0.5) is 0 Å². The van der Waals surface area contributed by atoms with Gasteiger partial charge in [-0.2, -0.15) is 5.26 Å². The number of carbonyl (C=O) groups is 2. The van der Waals surface area contributed by atoms with Crippen molar-refractivity contribution in [2.45, 2.75) is 6.92 Å². The standard InChI is InChI=1S/C12H9NO3/c1-8-10(6-13)4-9(2-3-12(15)16)5-11(8)7-14/h2-5,7H,1H3,(H,15,16)/b3-2+. The van der Waals surface area contributed by atoms with E-state index in [0.29, 0.717) is 28.5 Å². The van der Waals surface area contributed by atoms with Gasteiger partial charge in [0.05, 0.1) is 11.6 Å². The molecule has 1 aromatic rings. The van der Waals surface area contributed by atoms with Crippen LogP contribution in [0.2, 0.25) is 0 Å². The van der Waals surface area contributed by atoms with Gasteiger partial charge < -0.3 is 5.11 Å². The molecule has 0 aliphatic heterocycles. The quantitative estimate of drug-likeness (QED) is 0.615. The average Bonchev–Trinajstić information content (AvgIpc) is 2.27. The van der Waals surface area contributed by atoms with Crippen molar-refractivity contribution in [3.63, 3.8) is 0 Å². The minimum absolute atomic E-state index is 0.370. The number of aldehydes is 1. The van der Waals surface area contributed by atoms with Gasteiger partial charge in [0.25, 0.3) is 0 Å². The van der Waals surface area contributed by atoms with Crippen LogP contribution in [-0.2, 0) is 4.79 Å². The second-order valence-electron chi connectivity index (χ2n) is 3.18. The lowest BCUT2D eigenvalue weighted by Crippen LogP contribution is -1.93. The monoisotopic (exact) mass is 215 g/mol. The smallest absolute Gasteiger partial charge is 0.328 e. The summed E-state index contributed by atoms with van der Waals surface area (Å²) in [7, 11) is 0. The summed E-state index contributed by atoms with van der Waals surface area (Å²) >= 11 is 0. The topological polar surface area (TPSA) is 78.2 Å². The average molecular weight is 215 g/mol. The SMILES string of the molecule is Cc1c(C#N)cc(/C=C/C(=O)O)cc1C=O. The number of rotatable bonds is 3. The summed E-state index contributed by atoms with van der Waals surface area (Å²) < 4.78 is 0. The third kappa shape index (κ3) is 2.55. The largest absolute Gasteiger partial charge is 0.478 e. The van der Waals surface area contributed by atoms with E-state index < -0.39 is 5.97 Å². The van der Waals surface area contributed by atoms with Crippen LogP contribution in [0.5, 0.6) is 0 Å². The summed E-state index contributed by atoms with van der Waals surface area (Å²) in [5.74, 6) is -1.08. The third-order valence-electron chi connectivity index (χ3n) is 2.14. The summed E-state index contributed by atoms with van der Waals surface area (Å²) in [6.45, 7) is 1.67. The highest BCUT2D eigenvalue weighted by atomic mass is 16.4. The van der Waals surface area contributed by atoms with Crippen molar-refractivity contribution in [3.05, 3.63) is 40.5 Å². The maximum Gasteiger partial charge on any atom is 0.328 e. The summed E-state index contributed by atoms with van der Waals surface area (Å²) in [6, 6.07) is 5.05. The van der Waals surface area contributed by atoms with E-state index >= 15 is 0 Å². The first-order valence-corrected chi connectivity index (χ1v) is 4.49. The van der Waals surface area contributed by atoms with Gasteiger partial charge in [-0.1, -0.05) is 0 Å². The molecule has 0 unspecified atom stereocenters. The van der Waals surface area contributed by atoms with Crippen molar-refractivity contribution >= 4 is 18.3 Å². The first-order valence-electron chi connectivity index (χ1n) is 4.49. The van der Waals surface area contributed by atoms with Crippen LogP contribution in [0.25, 0.3) is 6.08 Å². The first kappa shape index (κ1) is 11.7. The lowest BCUT2D eigenvalue weighted by Gasteiger charge is -2.03. The third-order valence-corrected chi connectivity index (χ3v) is 2.14. The zero-order chi connectivity index (χ0) is 12.1. The Hall–Kier alpha value is -2.41. The van der Waals surface area contributed by atoms with Gasteiger partial charge in [0.15, 0.2) is 0 Å². The van der Waals surface area contributed by atoms with Crippen LogP contribution < -0.4 is 0 Å². The lowest BCUT2D eigenvalue weighted by atomic mass is 10.00. The van der Waals surface area contributed by atoms with Gasteiger partial charge in [0.1, 0.15) is 6.29 Å². The molecule has 0 fully saturated rings. The Morgan fingerprint density at radius 3 is 2.69 bits per heavy atom. The van der Waals surface area contributed by atoms with Gasteiger partial charge >= 0.3 is 5.97 Å². The van der Waals surface area contributed by atoms with Gasteiger partial charge in [0, 0.05) is 11.6 Å². The molecular formula is C12H9NO3. The van der Waals surface area contributed by atoms with Crippen LogP contribution in [0.1, 0.15) is 27.0 Å². The van der Waals surface area contributed by atoms with Crippen molar-refractivity contribution in [1.29, 1.82) is 5.26 Å². The number of carboxylic acid groups (broad SMARTS) is 1. The van der Waals surface area contributed by atoms with E-state index in [-0.39, 0.29) is 0 Å². The fraction of sp³-hybridized carbons (Fsp3) is 0.0833. The molecule has 4 nitrogen and oxygen atoms in total. The second kappa shape index (κ2) is 4.89. The van der Waals surface area contributed by atoms with Crippen molar-refractivity contribution in [2.75, 3.05) is 0 Å². The molecule has 1 aromatic carbocycles. The van der Waals surface area contributed by atoms with E-state index in [1.807, 2.05) is 6.07 Å². The number of hydrogen-bond acceptors (Lipinski definition) is 3. The minimum Gasteiger partial charge on any atom is -0.478 e. The fourth-order valence-corrected chi connectivity index (χ4v) is 1.26. The van der Waals surface area contributed by atoms with Gasteiger partial charge in [-0.3, -0.25) is 4.79 Å². The Kier molecular flexibility index (Phi) is 3.57. The van der Waals surface area contributed by atoms with Crippen molar-refractivity contribution in [2.24, 2.45) is 0 Å². The van der Waals surface area contributed by atoms with Gasteiger partial charge in [0.2, 0.25) is 0 Å². The van der Waals surface area contributed by atoms with E-state index in [0.717, 1.165) is 6.08 Å². The van der Waals surface area contributed by atoms with Gasteiger partial charge in [-0.25, -0.2) is 4.79 Å². The Labute approximate surface area is 92.4 Å². The van der Waals surface area contributed by atoms with E-state index in [4.69, 9.17) is 10.4 Å². The molecule has 0 radical (unpaired) electrons. The summed E-state index contributed by atoms with van der Waals surface area (Å²) in [5, 5.41) is 17.3. The lowest BCUT2D eigenvalue weighted by molar-refractivity contribution is -0.131. The van der Waals surface area contributed by atoms with Crippen molar-refractivity contribution in [1.82, 2.24) is 0 Å². The highest BCUT2D eigenvalue weighted by Gasteiger charge is 2.05. The van der Waals surface area contributed by atoms with Crippen molar-refractivity contribution < 1.29 is 14.7 Å². The van der Waals surface area contributed by atoms with Crippen LogP contribution >= 0.6 is 0 Å². The molecule has 0 atom stereocenters. The van der Waals surface area contributed by atoms with E-state index in [1.165, 1.54) is 6.08 Å². The van der Waals surface area contributed by atoms with Crippen LogP contribution in [0, 0.1) is 18.3 Å². The first-order chi connectivity index (χ1) is 7.58. The van der Waals surface area contributed by atoms with E-state index in [1.54, 1.807) is 19.1 Å². The normalized spacial score (nSPS) is 10.0. The molecular weight excluding hydrogens is 206 g/mol. The van der Waals surface area contributed by atoms with Crippen molar-refractivity contribution in [3.8, 4) is 6.07 Å². The maximum absolute atomic E-state index is 10.7. The molecule has 1 N–H and O–H groups in total. The molecule has 4 heteroatoms. The number of hydrogen-bond donors (Lipinski definition) is 1. The summed E-state index contributed by atoms with van der Waals surface area (Å²) in [5.41, 5.74) is 1.88. The Morgan fingerprint density at radius 2 is 2.19 bits per heavy atom. The molecule has 16 heavy (non-hydrogen) atoms. The Balaban J connectivity index is 3.28. The summed E-state index contributed by atoms with van der Waals surface area (Å²) in [6.07, 6.45) is 2.95. The number of benzene rings is 1. The van der Waals surface area contributed by atoms with Crippen LogP contribution in [-0.4, -0.2) is 17.4 Å². The minimum atomic E-state index is -1.08. The van der Waals surface area contributed by atoms with Gasteiger partial charge in [-0.15, -0.1) is 0 Å². The molecule has 0 saturated heterocycles. The highest BCUT2D eigenvalue weighted by Crippen LogP contribution is 2.16. The zero-order valence-electron chi connectivity index (χ0n) is 8.60. The number of nitriles is 1. The molecule has 80 valence electrons.